The van der Waals surface area contributed by atoms with E-state index in [-0.39, 0.29) is 12.4 Å². The molecule has 0 saturated carbocycles. The van der Waals surface area contributed by atoms with Gasteiger partial charge in [0.1, 0.15) is 17.6 Å². The second-order valence-corrected chi connectivity index (χ2v) is 4.64. The maximum absolute atomic E-state index is 12.0. The molecule has 0 aromatic heterocycles. The Morgan fingerprint density at radius 1 is 1.24 bits per heavy atom. The molecule has 0 aliphatic rings. The Morgan fingerprint density at radius 3 is 2.64 bits per heavy atom. The monoisotopic (exact) mass is 345 g/mol. The van der Waals surface area contributed by atoms with Crippen molar-refractivity contribution >= 4 is 12.1 Å². The third-order valence-electron chi connectivity index (χ3n) is 2.87. The van der Waals surface area contributed by atoms with Gasteiger partial charge in [-0.3, -0.25) is 4.79 Å². The lowest BCUT2D eigenvalue weighted by atomic mass is 10.2. The fourth-order valence-electron chi connectivity index (χ4n) is 1.77. The number of hydrogen-bond acceptors (Lipinski definition) is 5. The van der Waals surface area contributed by atoms with Gasteiger partial charge in [0.2, 0.25) is 0 Å². The minimum atomic E-state index is -2.88. The van der Waals surface area contributed by atoms with Crippen LogP contribution in [0, 0.1) is 11.3 Å². The molecule has 0 radical (unpaired) electrons. The lowest BCUT2D eigenvalue weighted by Crippen LogP contribution is -2.24. The number of nitriles is 1. The Balaban J connectivity index is 1.81. The Morgan fingerprint density at radius 2 is 1.96 bits per heavy atom. The van der Waals surface area contributed by atoms with Crippen molar-refractivity contribution in [3.63, 3.8) is 0 Å². The molecular formula is C17H13F2N3O3. The summed E-state index contributed by atoms with van der Waals surface area (Å²) >= 11 is 0. The van der Waals surface area contributed by atoms with Gasteiger partial charge < -0.3 is 9.47 Å². The van der Waals surface area contributed by atoms with E-state index >= 15 is 0 Å². The van der Waals surface area contributed by atoms with Gasteiger partial charge in [-0.1, -0.05) is 12.1 Å². The Kier molecular flexibility index (Phi) is 6.42. The number of hydrazone groups is 1. The summed E-state index contributed by atoms with van der Waals surface area (Å²) in [6.45, 7) is -3.19. The number of halogens is 2. The Bertz CT molecular complexity index is 786. The summed E-state index contributed by atoms with van der Waals surface area (Å²) in [5, 5.41) is 12.6. The number of rotatable bonds is 7. The highest BCUT2D eigenvalue weighted by atomic mass is 19.3. The van der Waals surface area contributed by atoms with Gasteiger partial charge in [-0.05, 0) is 42.0 Å². The van der Waals surface area contributed by atoms with Crippen LogP contribution in [0.5, 0.6) is 11.5 Å². The van der Waals surface area contributed by atoms with E-state index in [1.807, 2.05) is 6.07 Å². The maximum atomic E-state index is 12.0. The number of nitrogens with one attached hydrogen (secondary N) is 1. The first-order valence-electron chi connectivity index (χ1n) is 7.07. The van der Waals surface area contributed by atoms with Crippen molar-refractivity contribution in [2.45, 2.75) is 6.61 Å². The van der Waals surface area contributed by atoms with Crippen LogP contribution in [0.4, 0.5) is 8.78 Å². The molecule has 1 N–H and O–H groups in total. The van der Waals surface area contributed by atoms with Gasteiger partial charge in [0, 0.05) is 0 Å². The van der Waals surface area contributed by atoms with E-state index in [2.05, 4.69) is 15.3 Å². The fourth-order valence-corrected chi connectivity index (χ4v) is 1.77. The van der Waals surface area contributed by atoms with Gasteiger partial charge in [0.05, 0.1) is 11.8 Å². The molecule has 2 rings (SSSR count). The molecule has 0 fully saturated rings. The second-order valence-electron chi connectivity index (χ2n) is 4.64. The average molecular weight is 345 g/mol. The van der Waals surface area contributed by atoms with Crippen molar-refractivity contribution in [2.75, 3.05) is 6.61 Å². The summed E-state index contributed by atoms with van der Waals surface area (Å²) in [6.07, 6.45) is 1.34. The number of nitrogens with zero attached hydrogens (tertiary/aromatic N) is 2. The Hall–Kier alpha value is -3.47. The fraction of sp³-hybridized carbons (Fsp3) is 0.118. The second kappa shape index (κ2) is 8.98. The van der Waals surface area contributed by atoms with Crippen molar-refractivity contribution in [3.8, 4) is 17.6 Å². The Labute approximate surface area is 142 Å². The lowest BCUT2D eigenvalue weighted by molar-refractivity contribution is -0.123. The van der Waals surface area contributed by atoms with Crippen LogP contribution in [0.15, 0.2) is 53.6 Å². The highest BCUT2D eigenvalue weighted by Gasteiger charge is 2.05. The number of para-hydroxylation sites is 1. The molecule has 0 unspecified atom stereocenters. The van der Waals surface area contributed by atoms with Gasteiger partial charge in [-0.25, -0.2) is 5.43 Å². The van der Waals surface area contributed by atoms with E-state index in [1.165, 1.54) is 30.5 Å². The van der Waals surface area contributed by atoms with Gasteiger partial charge >= 0.3 is 6.61 Å². The topological polar surface area (TPSA) is 83.7 Å². The van der Waals surface area contributed by atoms with Crippen LogP contribution in [-0.2, 0) is 4.79 Å². The van der Waals surface area contributed by atoms with E-state index in [9.17, 15) is 13.6 Å². The first kappa shape index (κ1) is 17.9. The number of carbonyl (C=O) groups is 1. The van der Waals surface area contributed by atoms with Crippen LogP contribution in [-0.4, -0.2) is 25.3 Å². The zero-order valence-electron chi connectivity index (χ0n) is 12.9. The van der Waals surface area contributed by atoms with Crippen molar-refractivity contribution < 1.29 is 23.0 Å². The maximum Gasteiger partial charge on any atom is 0.387 e. The molecule has 0 spiro atoms. The van der Waals surface area contributed by atoms with Crippen LogP contribution in [0.2, 0.25) is 0 Å². The summed E-state index contributed by atoms with van der Waals surface area (Å²) in [4.78, 5) is 11.6. The molecule has 0 aliphatic heterocycles. The quantitative estimate of drug-likeness (QED) is 0.618. The molecule has 0 saturated heterocycles. The molecule has 0 aliphatic carbocycles. The third kappa shape index (κ3) is 5.91. The van der Waals surface area contributed by atoms with Gasteiger partial charge in [-0.15, -0.1) is 0 Å². The van der Waals surface area contributed by atoms with Gasteiger partial charge in [-0.2, -0.15) is 19.1 Å². The zero-order chi connectivity index (χ0) is 18.1. The lowest BCUT2D eigenvalue weighted by Gasteiger charge is -2.06. The standard InChI is InChI=1S/C17H13F2N3O3/c18-17(19)25-14-7-5-12(6-8-14)10-21-22-16(23)11-24-15-4-2-1-3-13(15)9-20/h1-8,10,17H,11H2,(H,22,23)/b21-10+. The average Bonchev–Trinajstić information content (AvgIpc) is 2.61. The number of ether oxygens (including phenoxy) is 2. The van der Waals surface area contributed by atoms with Crippen LogP contribution in [0.25, 0.3) is 0 Å². The van der Waals surface area contributed by atoms with E-state index in [0.29, 0.717) is 16.9 Å². The molecule has 25 heavy (non-hydrogen) atoms. The number of alkyl halides is 2. The first-order chi connectivity index (χ1) is 12.1. The van der Waals surface area contributed by atoms with Crippen molar-refractivity contribution in [1.82, 2.24) is 5.43 Å². The molecule has 0 atom stereocenters. The molecule has 0 heterocycles. The summed E-state index contributed by atoms with van der Waals surface area (Å²) < 4.78 is 33.5. The van der Waals surface area contributed by atoms with E-state index in [0.717, 1.165) is 0 Å². The third-order valence-corrected chi connectivity index (χ3v) is 2.87. The van der Waals surface area contributed by atoms with Crippen molar-refractivity contribution in [3.05, 3.63) is 59.7 Å². The van der Waals surface area contributed by atoms with Gasteiger partial charge in [0.15, 0.2) is 6.61 Å². The molecule has 8 heteroatoms. The number of benzene rings is 2. The first-order valence-corrected chi connectivity index (χ1v) is 7.07. The molecule has 128 valence electrons. The largest absolute Gasteiger partial charge is 0.482 e. The van der Waals surface area contributed by atoms with Crippen molar-refractivity contribution in [1.29, 1.82) is 5.26 Å². The predicted molar refractivity (Wildman–Crippen MR) is 85.5 cm³/mol. The molecule has 6 nitrogen and oxygen atoms in total. The van der Waals surface area contributed by atoms with Gasteiger partial charge in [0.25, 0.3) is 5.91 Å². The minimum Gasteiger partial charge on any atom is -0.482 e. The number of hydrogen-bond donors (Lipinski definition) is 1. The minimum absolute atomic E-state index is 0.0285. The molecule has 0 bridgehead atoms. The van der Waals surface area contributed by atoms with Crippen LogP contribution < -0.4 is 14.9 Å². The van der Waals surface area contributed by atoms with E-state index in [4.69, 9.17) is 10.00 Å². The summed E-state index contributed by atoms with van der Waals surface area (Å²) in [6, 6.07) is 14.2. The number of carbonyl (C=O) groups excluding carboxylic acids is 1. The highest BCUT2D eigenvalue weighted by molar-refractivity contribution is 5.83. The highest BCUT2D eigenvalue weighted by Crippen LogP contribution is 2.16. The summed E-state index contributed by atoms with van der Waals surface area (Å²) in [5.41, 5.74) is 3.16. The molecule has 2 aromatic rings. The van der Waals surface area contributed by atoms with Crippen LogP contribution >= 0.6 is 0 Å². The van der Waals surface area contributed by atoms with Crippen LogP contribution in [0.3, 0.4) is 0 Å². The predicted octanol–water partition coefficient (Wildman–Crippen LogP) is 2.69. The van der Waals surface area contributed by atoms with E-state index in [1.54, 1.807) is 24.3 Å². The molecule has 2 aromatic carbocycles. The van der Waals surface area contributed by atoms with Crippen LogP contribution in [0.1, 0.15) is 11.1 Å². The molecular weight excluding hydrogens is 332 g/mol. The smallest absolute Gasteiger partial charge is 0.387 e. The summed E-state index contributed by atoms with van der Waals surface area (Å²) in [5.74, 6) is -0.180. The number of amides is 1. The SMILES string of the molecule is N#Cc1ccccc1OCC(=O)N/N=C/c1ccc(OC(F)F)cc1. The normalized spacial score (nSPS) is 10.5. The van der Waals surface area contributed by atoms with E-state index < -0.39 is 12.5 Å². The molecule has 1 amide bonds. The summed E-state index contributed by atoms with van der Waals surface area (Å²) in [7, 11) is 0. The van der Waals surface area contributed by atoms with Crippen molar-refractivity contribution in [2.24, 2.45) is 5.10 Å². The zero-order valence-corrected chi connectivity index (χ0v) is 12.9.